The summed E-state index contributed by atoms with van der Waals surface area (Å²) < 4.78 is 5.08. The van der Waals surface area contributed by atoms with Crippen LogP contribution in [0.3, 0.4) is 0 Å². The fourth-order valence-corrected chi connectivity index (χ4v) is 2.54. The van der Waals surface area contributed by atoms with E-state index < -0.39 is 0 Å². The van der Waals surface area contributed by atoms with Crippen LogP contribution >= 0.6 is 0 Å². The zero-order chi connectivity index (χ0) is 14.5. The first kappa shape index (κ1) is 14.6. The maximum Gasteiger partial charge on any atom is 0.340 e. The van der Waals surface area contributed by atoms with Gasteiger partial charge in [-0.3, -0.25) is 5.01 Å². The van der Waals surface area contributed by atoms with Crippen molar-refractivity contribution in [2.24, 2.45) is 5.10 Å². The smallest absolute Gasteiger partial charge is 0.340 e. The van der Waals surface area contributed by atoms with Crippen molar-refractivity contribution in [3.63, 3.8) is 0 Å². The van der Waals surface area contributed by atoms with Gasteiger partial charge in [-0.25, -0.2) is 4.79 Å². The molecule has 1 aromatic heterocycles. The number of carbonyl (C=O) groups is 1. The van der Waals surface area contributed by atoms with Gasteiger partial charge in [0.2, 0.25) is 0 Å². The maximum atomic E-state index is 11.9. The molecule has 1 aliphatic heterocycles. The van der Waals surface area contributed by atoms with Crippen LogP contribution in [0.1, 0.15) is 53.5 Å². The van der Waals surface area contributed by atoms with Crippen LogP contribution in [-0.4, -0.2) is 41.9 Å². The third kappa shape index (κ3) is 3.21. The Bertz CT molecular complexity index is 499. The number of aromatic amines is 1. The summed E-state index contributed by atoms with van der Waals surface area (Å²) in [5, 5.41) is 6.59. The summed E-state index contributed by atoms with van der Waals surface area (Å²) in [5.41, 5.74) is 3.26. The molecule has 1 fully saturated rings. The SMILES string of the molecule is CCOC(=O)c1c(C)[nH]c(/C=N/N2CCCCC2)c1C. The van der Waals surface area contributed by atoms with Gasteiger partial charge >= 0.3 is 5.97 Å². The van der Waals surface area contributed by atoms with Crippen LogP contribution in [0.4, 0.5) is 0 Å². The summed E-state index contributed by atoms with van der Waals surface area (Å²) in [6, 6.07) is 0. The first-order valence-electron chi connectivity index (χ1n) is 7.28. The molecule has 20 heavy (non-hydrogen) atoms. The number of aryl methyl sites for hydroxylation is 1. The molecule has 5 nitrogen and oxygen atoms in total. The molecule has 0 bridgehead atoms. The molecule has 0 radical (unpaired) electrons. The Morgan fingerprint density at radius 2 is 2.05 bits per heavy atom. The van der Waals surface area contributed by atoms with Gasteiger partial charge in [-0.1, -0.05) is 0 Å². The number of piperidine rings is 1. The highest BCUT2D eigenvalue weighted by atomic mass is 16.5. The second kappa shape index (κ2) is 6.59. The van der Waals surface area contributed by atoms with Gasteiger partial charge in [0.1, 0.15) is 0 Å². The summed E-state index contributed by atoms with van der Waals surface area (Å²) in [6.45, 7) is 8.04. The predicted molar refractivity (Wildman–Crippen MR) is 79.2 cm³/mol. The molecule has 0 spiro atoms. The number of nitrogens with one attached hydrogen (secondary N) is 1. The summed E-state index contributed by atoms with van der Waals surface area (Å²) in [6.07, 6.45) is 5.51. The number of rotatable bonds is 4. The van der Waals surface area contributed by atoms with Gasteiger partial charge in [0, 0.05) is 18.8 Å². The standard InChI is InChI=1S/C15H23N3O2/c1-4-20-15(19)14-11(2)13(17-12(14)3)10-16-18-8-6-5-7-9-18/h10,17H,4-9H2,1-3H3/b16-10+. The van der Waals surface area contributed by atoms with Crippen LogP contribution in [-0.2, 0) is 4.74 Å². The van der Waals surface area contributed by atoms with Gasteiger partial charge < -0.3 is 9.72 Å². The fourth-order valence-electron chi connectivity index (χ4n) is 2.54. The molecule has 2 rings (SSSR count). The molecule has 0 aliphatic carbocycles. The van der Waals surface area contributed by atoms with Gasteiger partial charge in [0.25, 0.3) is 0 Å². The number of esters is 1. The lowest BCUT2D eigenvalue weighted by Crippen LogP contribution is -2.24. The van der Waals surface area contributed by atoms with Crippen molar-refractivity contribution < 1.29 is 9.53 Å². The Kier molecular flexibility index (Phi) is 4.82. The minimum absolute atomic E-state index is 0.267. The first-order chi connectivity index (χ1) is 9.63. The molecule has 0 atom stereocenters. The number of hydrazone groups is 1. The van der Waals surface area contributed by atoms with E-state index in [-0.39, 0.29) is 5.97 Å². The first-order valence-corrected chi connectivity index (χ1v) is 7.28. The topological polar surface area (TPSA) is 57.7 Å². The van der Waals surface area contributed by atoms with E-state index in [0.29, 0.717) is 12.2 Å². The largest absolute Gasteiger partial charge is 0.462 e. The van der Waals surface area contributed by atoms with Crippen LogP contribution in [0.15, 0.2) is 5.10 Å². The van der Waals surface area contributed by atoms with Crippen molar-refractivity contribution in [2.75, 3.05) is 19.7 Å². The van der Waals surface area contributed by atoms with Crippen molar-refractivity contribution in [3.05, 3.63) is 22.5 Å². The van der Waals surface area contributed by atoms with Crippen molar-refractivity contribution >= 4 is 12.2 Å². The molecule has 0 aromatic carbocycles. The monoisotopic (exact) mass is 277 g/mol. The third-order valence-corrected chi connectivity index (χ3v) is 3.64. The number of ether oxygens (including phenoxy) is 1. The Labute approximate surface area is 120 Å². The van der Waals surface area contributed by atoms with Gasteiger partial charge in [-0.2, -0.15) is 5.10 Å². The number of hydrogen-bond donors (Lipinski definition) is 1. The molecule has 1 N–H and O–H groups in total. The van der Waals surface area contributed by atoms with Gasteiger partial charge in [0.15, 0.2) is 0 Å². The molecule has 5 heteroatoms. The Morgan fingerprint density at radius 3 is 2.70 bits per heavy atom. The minimum atomic E-state index is -0.267. The molecule has 0 amide bonds. The number of hydrogen-bond acceptors (Lipinski definition) is 4. The maximum absolute atomic E-state index is 11.9. The van der Waals surface area contributed by atoms with Crippen LogP contribution < -0.4 is 0 Å². The Morgan fingerprint density at radius 1 is 1.35 bits per heavy atom. The number of nitrogens with zero attached hydrogens (tertiary/aromatic N) is 2. The third-order valence-electron chi connectivity index (χ3n) is 3.64. The molecule has 1 saturated heterocycles. The average Bonchev–Trinajstić information content (AvgIpc) is 2.72. The minimum Gasteiger partial charge on any atom is -0.462 e. The van der Waals surface area contributed by atoms with E-state index in [0.717, 1.165) is 30.0 Å². The molecular formula is C15H23N3O2. The molecule has 1 aliphatic rings. The quantitative estimate of drug-likeness (QED) is 0.680. The van der Waals surface area contributed by atoms with Crippen LogP contribution in [0.5, 0.6) is 0 Å². The van der Waals surface area contributed by atoms with E-state index in [9.17, 15) is 4.79 Å². The summed E-state index contributed by atoms with van der Waals surface area (Å²) in [5.74, 6) is -0.267. The molecule has 1 aromatic rings. The average molecular weight is 277 g/mol. The second-order valence-electron chi connectivity index (χ2n) is 5.14. The Balaban J connectivity index is 2.14. The van der Waals surface area contributed by atoms with E-state index in [1.54, 1.807) is 0 Å². The van der Waals surface area contributed by atoms with Crippen molar-refractivity contribution in [1.29, 1.82) is 0 Å². The normalized spacial score (nSPS) is 15.8. The van der Waals surface area contributed by atoms with E-state index in [1.165, 1.54) is 19.3 Å². The van der Waals surface area contributed by atoms with Crippen LogP contribution in [0.25, 0.3) is 0 Å². The number of carbonyl (C=O) groups excluding carboxylic acids is 1. The number of H-pyrrole nitrogens is 1. The van der Waals surface area contributed by atoms with E-state index in [2.05, 4.69) is 15.1 Å². The zero-order valence-electron chi connectivity index (χ0n) is 12.5. The van der Waals surface area contributed by atoms with Crippen molar-refractivity contribution in [3.8, 4) is 0 Å². The zero-order valence-corrected chi connectivity index (χ0v) is 12.5. The molecule has 110 valence electrons. The van der Waals surface area contributed by atoms with Gasteiger partial charge in [0.05, 0.1) is 24.1 Å². The molecule has 0 saturated carbocycles. The lowest BCUT2D eigenvalue weighted by molar-refractivity contribution is 0.0525. The highest BCUT2D eigenvalue weighted by Crippen LogP contribution is 2.18. The molecule has 0 unspecified atom stereocenters. The predicted octanol–water partition coefficient (Wildman–Crippen LogP) is 2.63. The molecule has 2 heterocycles. The number of aromatic nitrogens is 1. The van der Waals surface area contributed by atoms with Crippen molar-refractivity contribution in [1.82, 2.24) is 9.99 Å². The summed E-state index contributed by atoms with van der Waals surface area (Å²) in [4.78, 5) is 15.1. The lowest BCUT2D eigenvalue weighted by atomic mass is 10.1. The second-order valence-corrected chi connectivity index (χ2v) is 5.14. The highest BCUT2D eigenvalue weighted by molar-refractivity contribution is 5.96. The summed E-state index contributed by atoms with van der Waals surface area (Å²) in [7, 11) is 0. The summed E-state index contributed by atoms with van der Waals surface area (Å²) >= 11 is 0. The highest BCUT2D eigenvalue weighted by Gasteiger charge is 2.18. The van der Waals surface area contributed by atoms with Gasteiger partial charge in [-0.05, 0) is 45.6 Å². The van der Waals surface area contributed by atoms with E-state index in [1.807, 2.05) is 27.0 Å². The Hall–Kier alpha value is -1.78. The van der Waals surface area contributed by atoms with Crippen molar-refractivity contribution in [2.45, 2.75) is 40.0 Å². The lowest BCUT2D eigenvalue weighted by Gasteiger charge is -2.23. The fraction of sp³-hybridized carbons (Fsp3) is 0.600. The van der Waals surface area contributed by atoms with Crippen LogP contribution in [0.2, 0.25) is 0 Å². The van der Waals surface area contributed by atoms with E-state index in [4.69, 9.17) is 4.74 Å². The van der Waals surface area contributed by atoms with Gasteiger partial charge in [-0.15, -0.1) is 0 Å². The van der Waals surface area contributed by atoms with E-state index >= 15 is 0 Å². The van der Waals surface area contributed by atoms with Crippen LogP contribution in [0, 0.1) is 13.8 Å². The molecular weight excluding hydrogens is 254 g/mol.